The van der Waals surface area contributed by atoms with E-state index in [-0.39, 0.29) is 29.6 Å². The molecule has 0 aromatic carbocycles. The maximum Gasteiger partial charge on any atom is 0.309 e. The van der Waals surface area contributed by atoms with Gasteiger partial charge in [0.1, 0.15) is 11.8 Å². The summed E-state index contributed by atoms with van der Waals surface area (Å²) >= 11 is 0. The van der Waals surface area contributed by atoms with Crippen LogP contribution in [0.4, 0.5) is 0 Å². The number of ketones is 1. The topological polar surface area (TPSA) is 213 Å². The first-order valence-corrected chi connectivity index (χ1v) is 22.0. The third kappa shape index (κ3) is 8.81. The zero-order valence-electron chi connectivity index (χ0n) is 36.4. The molecule has 0 radical (unpaired) electrons. The second-order valence-corrected chi connectivity index (χ2v) is 18.8. The maximum atomic E-state index is 14.6. The molecular weight excluding hydrogens is 748 g/mol. The number of nitrogens with two attached hydrogens (primary N) is 1. The monoisotopic (exact) mass is 821 g/mol. The van der Waals surface area contributed by atoms with E-state index < -0.39 is 101 Å². The van der Waals surface area contributed by atoms with Crippen molar-refractivity contribution in [1.29, 1.82) is 0 Å². The number of aliphatic carboxylic acids is 1. The number of carbonyl (C=O) groups is 4. The van der Waals surface area contributed by atoms with Gasteiger partial charge in [0.2, 0.25) is 0 Å². The van der Waals surface area contributed by atoms with E-state index in [0.717, 1.165) is 6.42 Å². The number of carboxylic acid groups (broad SMARTS) is 1. The molecular formula is C44H72N2O12. The number of primary amides is 1. The molecule has 330 valence electrons. The molecule has 0 saturated carbocycles. The summed E-state index contributed by atoms with van der Waals surface area (Å²) in [6.45, 7) is 19.3. The van der Waals surface area contributed by atoms with Gasteiger partial charge in [-0.15, -0.1) is 0 Å². The van der Waals surface area contributed by atoms with Crippen LogP contribution in [0, 0.1) is 41.4 Å². The smallest absolute Gasteiger partial charge is 0.309 e. The Kier molecular flexibility index (Phi) is 14.4. The molecule has 4 fully saturated rings. The zero-order chi connectivity index (χ0) is 43.1. The van der Waals surface area contributed by atoms with Crippen LogP contribution in [0.1, 0.15) is 133 Å². The van der Waals surface area contributed by atoms with Crippen molar-refractivity contribution in [3.05, 3.63) is 12.2 Å². The lowest BCUT2D eigenvalue weighted by molar-refractivity contribution is -0.398. The van der Waals surface area contributed by atoms with Crippen molar-refractivity contribution in [2.45, 2.75) is 199 Å². The van der Waals surface area contributed by atoms with Crippen LogP contribution < -0.4 is 11.1 Å². The maximum absolute atomic E-state index is 14.6. The van der Waals surface area contributed by atoms with Gasteiger partial charge in [-0.2, -0.15) is 0 Å². The first-order chi connectivity index (χ1) is 27.1. The number of rotatable bonds is 13. The highest BCUT2D eigenvalue weighted by molar-refractivity contribution is 6.34. The van der Waals surface area contributed by atoms with Crippen molar-refractivity contribution in [2.24, 2.45) is 47.2 Å². The molecule has 5 rings (SSSR count). The van der Waals surface area contributed by atoms with Gasteiger partial charge in [-0.25, -0.2) is 0 Å². The predicted octanol–water partition coefficient (Wildman–Crippen LogP) is 4.80. The Bertz CT molecular complexity index is 1540. The SMILES string of the molecule is CC[C@@H](C(=O)[C@@H](C)[C@@H](O)[C@H](C)[C@@H]1O[C@@H]([C@@H](CC)C(=O)O)CC[C@@H]1C)[C@H]1O[C@]2(C=C[C@@H](NC(=O)C(N)=O)[C@]3(CC[C@@](C)([C@H]4CC[C@](O)(CC)[C@H](C)O4)O3)O2)[C@H](C)C[C@@H]1C. The van der Waals surface area contributed by atoms with Gasteiger partial charge >= 0.3 is 17.8 Å². The molecule has 18 atom stereocenters. The number of ether oxygens (including phenoxy) is 5. The minimum absolute atomic E-state index is 0.0646. The van der Waals surface area contributed by atoms with E-state index in [1.807, 2.05) is 55.4 Å². The normalized spacial score (nSPS) is 43.0. The summed E-state index contributed by atoms with van der Waals surface area (Å²) in [7, 11) is 0. The number of amides is 2. The number of hydrogen-bond acceptors (Lipinski definition) is 11. The Morgan fingerprint density at radius 2 is 1.57 bits per heavy atom. The van der Waals surface area contributed by atoms with Crippen molar-refractivity contribution < 1.29 is 58.2 Å². The van der Waals surface area contributed by atoms with Gasteiger partial charge in [-0.3, -0.25) is 19.2 Å². The molecule has 2 spiro atoms. The molecule has 5 heterocycles. The first-order valence-electron chi connectivity index (χ1n) is 22.0. The second-order valence-electron chi connectivity index (χ2n) is 18.8. The van der Waals surface area contributed by atoms with Crippen LogP contribution in [0.15, 0.2) is 12.2 Å². The fraction of sp³-hybridized carbons (Fsp3) is 0.864. The molecule has 14 heteroatoms. The summed E-state index contributed by atoms with van der Waals surface area (Å²) in [5.74, 6) is -8.67. The standard InChI is InChI=1S/C44H72N2O12/c1-11-29(40(51)52)31-15-14-23(4)36(55-31)27(8)34(47)26(7)35(48)30(12-2)37-24(5)22-25(6)43(56-37)19-16-32(46-39(50)38(45)49)44(58-43)21-20-41(10,57-44)33-17-18-42(53,13-3)28(9)54-33/h16,19,23-34,36-37,47,53H,11-15,17-18,20-22H2,1-10H3,(H2,45,49)(H,46,50)(H,51,52)/t23-,24-,25+,26-,27-,28-,29+,30-,31+,32+,33+,34+,36+,37-,41-,42+,43-,44-/m0/s1. The van der Waals surface area contributed by atoms with E-state index in [9.17, 15) is 34.5 Å². The van der Waals surface area contributed by atoms with Crippen LogP contribution in [-0.2, 0) is 42.9 Å². The Hall–Kier alpha value is -2.46. The van der Waals surface area contributed by atoms with E-state index >= 15 is 0 Å². The molecule has 5 aliphatic heterocycles. The summed E-state index contributed by atoms with van der Waals surface area (Å²) < 4.78 is 33.9. The average Bonchev–Trinajstić information content (AvgIpc) is 3.52. The van der Waals surface area contributed by atoms with Gasteiger partial charge in [0.25, 0.3) is 0 Å². The molecule has 0 aromatic heterocycles. The van der Waals surface area contributed by atoms with Gasteiger partial charge in [0, 0.05) is 30.1 Å². The van der Waals surface area contributed by atoms with E-state index in [2.05, 4.69) is 12.2 Å². The molecule has 0 unspecified atom stereocenters. The molecule has 4 saturated heterocycles. The molecule has 5 aliphatic rings. The van der Waals surface area contributed by atoms with Gasteiger partial charge < -0.3 is 50.1 Å². The lowest BCUT2D eigenvalue weighted by Crippen LogP contribution is -2.66. The van der Waals surface area contributed by atoms with Crippen LogP contribution >= 0.6 is 0 Å². The molecule has 0 bridgehead atoms. The van der Waals surface area contributed by atoms with E-state index in [1.165, 1.54) is 0 Å². The van der Waals surface area contributed by atoms with Crippen molar-refractivity contribution in [2.75, 3.05) is 0 Å². The van der Waals surface area contributed by atoms with Crippen molar-refractivity contribution in [3.63, 3.8) is 0 Å². The van der Waals surface area contributed by atoms with Crippen LogP contribution in [0.3, 0.4) is 0 Å². The molecule has 2 amide bonds. The number of nitrogens with one attached hydrogen (secondary N) is 1. The van der Waals surface area contributed by atoms with Crippen molar-refractivity contribution in [3.8, 4) is 0 Å². The molecule has 58 heavy (non-hydrogen) atoms. The quantitative estimate of drug-likeness (QED) is 0.125. The highest BCUT2D eigenvalue weighted by atomic mass is 16.8. The van der Waals surface area contributed by atoms with E-state index in [4.69, 9.17) is 29.4 Å². The summed E-state index contributed by atoms with van der Waals surface area (Å²) in [4.78, 5) is 51.3. The summed E-state index contributed by atoms with van der Waals surface area (Å²) in [5.41, 5.74) is 3.55. The Balaban J connectivity index is 1.39. The van der Waals surface area contributed by atoms with E-state index in [1.54, 1.807) is 19.1 Å². The van der Waals surface area contributed by atoms with Gasteiger partial charge in [-0.1, -0.05) is 61.5 Å². The average molecular weight is 821 g/mol. The zero-order valence-corrected chi connectivity index (χ0v) is 36.4. The van der Waals surface area contributed by atoms with Crippen LogP contribution in [0.25, 0.3) is 0 Å². The molecule has 14 nitrogen and oxygen atoms in total. The fourth-order valence-electron chi connectivity index (χ4n) is 10.9. The Labute approximate surface area is 344 Å². The number of carbonyl (C=O) groups excluding carboxylic acids is 3. The van der Waals surface area contributed by atoms with Crippen molar-refractivity contribution >= 4 is 23.6 Å². The first kappa shape index (κ1) is 46.6. The number of Topliss-reactive ketones (excluding diaryl/α,β-unsaturated/α-hetero) is 1. The molecule has 6 N–H and O–H groups in total. The molecule has 0 aromatic rings. The third-order valence-electron chi connectivity index (χ3n) is 15.0. The number of aliphatic hydroxyl groups is 2. The van der Waals surface area contributed by atoms with Crippen molar-refractivity contribution in [1.82, 2.24) is 5.32 Å². The minimum Gasteiger partial charge on any atom is -0.481 e. The lowest BCUT2D eigenvalue weighted by atomic mass is 9.72. The minimum atomic E-state index is -1.49. The van der Waals surface area contributed by atoms with Crippen LogP contribution in [0.2, 0.25) is 0 Å². The Morgan fingerprint density at radius 1 is 0.897 bits per heavy atom. The number of aliphatic hydroxyl groups excluding tert-OH is 1. The lowest BCUT2D eigenvalue weighted by Gasteiger charge is -2.55. The predicted molar refractivity (Wildman–Crippen MR) is 214 cm³/mol. The molecule has 0 aliphatic carbocycles. The third-order valence-corrected chi connectivity index (χ3v) is 15.0. The van der Waals surface area contributed by atoms with Crippen LogP contribution in [0.5, 0.6) is 0 Å². The van der Waals surface area contributed by atoms with Gasteiger partial charge in [-0.05, 0) is 89.5 Å². The highest BCUT2D eigenvalue weighted by Gasteiger charge is 2.63. The summed E-state index contributed by atoms with van der Waals surface area (Å²) in [6, 6.07) is -0.908. The van der Waals surface area contributed by atoms with Gasteiger partial charge in [0.05, 0.1) is 53.7 Å². The number of hydrogen-bond donors (Lipinski definition) is 5. The summed E-state index contributed by atoms with van der Waals surface area (Å²) in [5, 5.41) is 35.4. The van der Waals surface area contributed by atoms with Crippen LogP contribution in [-0.4, -0.2) is 104 Å². The number of carboxylic acids is 1. The Morgan fingerprint density at radius 3 is 2.16 bits per heavy atom. The van der Waals surface area contributed by atoms with Gasteiger partial charge in [0.15, 0.2) is 11.6 Å². The fourth-order valence-corrected chi connectivity index (χ4v) is 10.9. The largest absolute Gasteiger partial charge is 0.481 e. The second kappa shape index (κ2) is 17.9. The van der Waals surface area contributed by atoms with E-state index in [0.29, 0.717) is 57.8 Å². The highest BCUT2D eigenvalue weighted by Crippen LogP contribution is 2.54. The summed E-state index contributed by atoms with van der Waals surface area (Å²) in [6.07, 6.45) is 5.49.